The van der Waals surface area contributed by atoms with Crippen LogP contribution in [0.1, 0.15) is 30.1 Å². The molecule has 1 aromatic rings. The number of carbonyl (C=O) groups excluding carboxylic acids is 4. The molecule has 0 aliphatic carbocycles. The van der Waals surface area contributed by atoms with Crippen molar-refractivity contribution in [1.29, 1.82) is 0 Å². The molecule has 1 saturated heterocycles. The molecule has 0 radical (unpaired) electrons. The normalized spacial score (nSPS) is 16.1. The van der Waals surface area contributed by atoms with Crippen molar-refractivity contribution in [3.05, 3.63) is 34.9 Å². The second-order valence-corrected chi connectivity index (χ2v) is 7.31. The van der Waals surface area contributed by atoms with Gasteiger partial charge in [0.05, 0.1) is 25.6 Å². The minimum absolute atomic E-state index is 0.124. The molecule has 3 amide bonds. The summed E-state index contributed by atoms with van der Waals surface area (Å²) in [6.45, 7) is 2.53. The van der Waals surface area contributed by atoms with Gasteiger partial charge in [-0.3, -0.25) is 19.2 Å². The molecule has 1 aliphatic heterocycles. The van der Waals surface area contributed by atoms with E-state index in [4.69, 9.17) is 16.3 Å². The highest BCUT2D eigenvalue weighted by Crippen LogP contribution is 2.18. The topological polar surface area (TPSA) is 96.0 Å². The standard InChI is InChI=1S/C20H26ClN3O5/c1-3-29-20(28)15-7-5-9-24(12-15)18(26)13-23(2)17(25)11-22-19(27)14-6-4-8-16(21)10-14/h4,6,8,10,15H,3,5,7,9,11-13H2,1-2H3,(H,22,27). The number of likely N-dealkylation sites (tertiary alicyclic amines) is 1. The fraction of sp³-hybridized carbons (Fsp3) is 0.500. The molecule has 9 heteroatoms. The third kappa shape index (κ3) is 6.74. The van der Waals surface area contributed by atoms with E-state index in [2.05, 4.69) is 5.32 Å². The quantitative estimate of drug-likeness (QED) is 0.667. The molecule has 158 valence electrons. The Morgan fingerprint density at radius 2 is 2.07 bits per heavy atom. The number of ether oxygens (including phenoxy) is 1. The van der Waals surface area contributed by atoms with E-state index in [0.29, 0.717) is 43.1 Å². The number of halogens is 1. The minimum atomic E-state index is -0.422. The predicted molar refractivity (Wildman–Crippen MR) is 107 cm³/mol. The van der Waals surface area contributed by atoms with Crippen LogP contribution in [0.15, 0.2) is 24.3 Å². The van der Waals surface area contributed by atoms with Gasteiger partial charge in [-0.1, -0.05) is 17.7 Å². The highest BCUT2D eigenvalue weighted by atomic mass is 35.5. The van der Waals surface area contributed by atoms with Gasteiger partial charge in [-0.2, -0.15) is 0 Å². The molecule has 29 heavy (non-hydrogen) atoms. The number of likely N-dealkylation sites (N-methyl/N-ethyl adjacent to an activating group) is 1. The first kappa shape index (κ1) is 22.7. The lowest BCUT2D eigenvalue weighted by Gasteiger charge is -2.32. The highest BCUT2D eigenvalue weighted by Gasteiger charge is 2.30. The third-order valence-electron chi connectivity index (χ3n) is 4.68. The van der Waals surface area contributed by atoms with Gasteiger partial charge in [-0.15, -0.1) is 0 Å². The SMILES string of the molecule is CCOC(=O)C1CCCN(C(=O)CN(C)C(=O)CNC(=O)c2cccc(Cl)c2)C1. The lowest BCUT2D eigenvalue weighted by atomic mass is 9.98. The van der Waals surface area contributed by atoms with Crippen LogP contribution in [0, 0.1) is 5.92 Å². The van der Waals surface area contributed by atoms with Gasteiger partial charge in [-0.25, -0.2) is 0 Å². The fourth-order valence-corrected chi connectivity index (χ4v) is 3.26. The van der Waals surface area contributed by atoms with Gasteiger partial charge < -0.3 is 19.9 Å². The van der Waals surface area contributed by atoms with Crippen LogP contribution in [0.2, 0.25) is 5.02 Å². The first-order valence-corrected chi connectivity index (χ1v) is 9.91. The maximum Gasteiger partial charge on any atom is 0.310 e. The Morgan fingerprint density at radius 3 is 2.76 bits per heavy atom. The molecule has 1 aromatic carbocycles. The molecule has 1 atom stereocenters. The number of amides is 3. The summed E-state index contributed by atoms with van der Waals surface area (Å²) >= 11 is 5.85. The van der Waals surface area contributed by atoms with E-state index >= 15 is 0 Å². The summed E-state index contributed by atoms with van der Waals surface area (Å²) in [5.74, 6) is -1.68. The third-order valence-corrected chi connectivity index (χ3v) is 4.91. The first-order valence-electron chi connectivity index (χ1n) is 9.54. The molecule has 1 aliphatic rings. The van der Waals surface area contributed by atoms with Crippen LogP contribution in [0.25, 0.3) is 0 Å². The van der Waals surface area contributed by atoms with E-state index in [0.717, 1.165) is 0 Å². The second kappa shape index (κ2) is 10.8. The Bertz CT molecular complexity index is 770. The van der Waals surface area contributed by atoms with Gasteiger partial charge in [0.25, 0.3) is 5.91 Å². The second-order valence-electron chi connectivity index (χ2n) is 6.87. The van der Waals surface area contributed by atoms with Crippen molar-refractivity contribution in [3.63, 3.8) is 0 Å². The van der Waals surface area contributed by atoms with Crippen LogP contribution in [-0.2, 0) is 19.1 Å². The predicted octanol–water partition coefficient (Wildman–Crippen LogP) is 1.33. The Kier molecular flexibility index (Phi) is 8.45. The number of hydrogen-bond donors (Lipinski definition) is 1. The van der Waals surface area contributed by atoms with Crippen molar-refractivity contribution in [2.75, 3.05) is 39.8 Å². The van der Waals surface area contributed by atoms with Gasteiger partial charge in [0.2, 0.25) is 11.8 Å². The van der Waals surface area contributed by atoms with Crippen LogP contribution in [-0.4, -0.2) is 73.3 Å². The number of hydrogen-bond acceptors (Lipinski definition) is 5. The Morgan fingerprint density at radius 1 is 1.31 bits per heavy atom. The average molecular weight is 424 g/mol. The van der Waals surface area contributed by atoms with Crippen LogP contribution in [0.5, 0.6) is 0 Å². The zero-order valence-electron chi connectivity index (χ0n) is 16.7. The van der Waals surface area contributed by atoms with Crippen LogP contribution in [0.3, 0.4) is 0 Å². The maximum absolute atomic E-state index is 12.5. The van der Waals surface area contributed by atoms with E-state index < -0.39 is 11.8 Å². The molecule has 8 nitrogen and oxygen atoms in total. The van der Waals surface area contributed by atoms with E-state index in [1.165, 1.54) is 18.0 Å². The molecule has 1 fully saturated rings. The minimum Gasteiger partial charge on any atom is -0.466 e. The molecule has 1 N–H and O–H groups in total. The molecule has 2 rings (SSSR count). The summed E-state index contributed by atoms with van der Waals surface area (Å²) in [7, 11) is 1.50. The van der Waals surface area contributed by atoms with E-state index in [-0.39, 0.29) is 30.9 Å². The van der Waals surface area contributed by atoms with Gasteiger partial charge in [-0.05, 0) is 38.0 Å². The molecule has 0 spiro atoms. The Labute approximate surface area is 175 Å². The fourth-order valence-electron chi connectivity index (χ4n) is 3.07. The van der Waals surface area contributed by atoms with Gasteiger partial charge in [0, 0.05) is 30.7 Å². The molecule has 0 saturated carbocycles. The zero-order valence-corrected chi connectivity index (χ0v) is 17.4. The summed E-state index contributed by atoms with van der Waals surface area (Å²) in [6.07, 6.45) is 1.40. The van der Waals surface area contributed by atoms with Crippen LogP contribution >= 0.6 is 11.6 Å². The molecular formula is C20H26ClN3O5. The number of nitrogens with zero attached hydrogens (tertiary/aromatic N) is 2. The molecule has 0 bridgehead atoms. The van der Waals surface area contributed by atoms with Crippen LogP contribution in [0.4, 0.5) is 0 Å². The Hall–Kier alpha value is -2.61. The lowest BCUT2D eigenvalue weighted by molar-refractivity contribution is -0.152. The van der Waals surface area contributed by atoms with E-state index in [1.54, 1.807) is 30.0 Å². The van der Waals surface area contributed by atoms with Gasteiger partial charge in [0.1, 0.15) is 0 Å². The summed E-state index contributed by atoms with van der Waals surface area (Å²) in [5.41, 5.74) is 0.349. The van der Waals surface area contributed by atoms with Crippen molar-refractivity contribution in [2.24, 2.45) is 5.92 Å². The van der Waals surface area contributed by atoms with Crippen molar-refractivity contribution in [2.45, 2.75) is 19.8 Å². The van der Waals surface area contributed by atoms with E-state index in [9.17, 15) is 19.2 Å². The van der Waals surface area contributed by atoms with Gasteiger partial charge >= 0.3 is 5.97 Å². The largest absolute Gasteiger partial charge is 0.466 e. The summed E-state index contributed by atoms with van der Waals surface area (Å²) < 4.78 is 5.04. The van der Waals surface area contributed by atoms with E-state index in [1.807, 2.05) is 0 Å². The molecule has 0 aromatic heterocycles. The molecular weight excluding hydrogens is 398 g/mol. The first-order chi connectivity index (χ1) is 13.8. The number of carbonyl (C=O) groups is 4. The number of piperidine rings is 1. The average Bonchev–Trinajstić information content (AvgIpc) is 2.71. The summed E-state index contributed by atoms with van der Waals surface area (Å²) in [5, 5.41) is 2.95. The number of rotatable bonds is 7. The highest BCUT2D eigenvalue weighted by molar-refractivity contribution is 6.31. The van der Waals surface area contributed by atoms with Crippen molar-refractivity contribution >= 4 is 35.3 Å². The van der Waals surface area contributed by atoms with Crippen molar-refractivity contribution in [1.82, 2.24) is 15.1 Å². The molecule has 1 unspecified atom stereocenters. The Balaban J connectivity index is 1.81. The maximum atomic E-state index is 12.5. The summed E-state index contributed by atoms with van der Waals surface area (Å²) in [4.78, 5) is 51.6. The number of nitrogens with one attached hydrogen (secondary N) is 1. The van der Waals surface area contributed by atoms with Crippen LogP contribution < -0.4 is 5.32 Å². The van der Waals surface area contributed by atoms with Crippen molar-refractivity contribution in [3.8, 4) is 0 Å². The molecule has 1 heterocycles. The van der Waals surface area contributed by atoms with Crippen molar-refractivity contribution < 1.29 is 23.9 Å². The number of esters is 1. The smallest absolute Gasteiger partial charge is 0.310 e. The number of benzene rings is 1. The zero-order chi connectivity index (χ0) is 21.4. The monoisotopic (exact) mass is 423 g/mol. The lowest BCUT2D eigenvalue weighted by Crippen LogP contribution is -2.48. The van der Waals surface area contributed by atoms with Gasteiger partial charge in [0.15, 0.2) is 0 Å². The summed E-state index contributed by atoms with van der Waals surface area (Å²) in [6, 6.07) is 6.39.